The number of amides is 3. The molecular formula is C25H31N3O4. The molecule has 1 aliphatic carbocycles. The van der Waals surface area contributed by atoms with Crippen LogP contribution in [-0.4, -0.2) is 38.5 Å². The van der Waals surface area contributed by atoms with Gasteiger partial charge in [-0.1, -0.05) is 56.0 Å². The maximum atomic E-state index is 12.6. The summed E-state index contributed by atoms with van der Waals surface area (Å²) in [7, 11) is 1.61. The van der Waals surface area contributed by atoms with Gasteiger partial charge < -0.3 is 20.7 Å². The Kier molecular flexibility index (Phi) is 8.66. The molecule has 1 aliphatic rings. The predicted octanol–water partition coefficient (Wildman–Crippen LogP) is 3.11. The standard InChI is InChI=1S/C25H31N3O4/c1-32-23-12-5-4-11-22(23)19-9-6-10-20(14-19)24(30)27-16-28-25(31)21(15-26-17-29)13-18-7-2-3-8-18/h4-6,9-12,14,17-18,21H,2-3,7-8,13,15-16H2,1H3,(H,26,29)(H,27,30)(H,28,31)/t21-/m1/s1. The molecule has 0 heterocycles. The smallest absolute Gasteiger partial charge is 0.252 e. The van der Waals surface area contributed by atoms with Crippen LogP contribution in [0.25, 0.3) is 11.1 Å². The third-order valence-corrected chi connectivity index (χ3v) is 5.97. The number of benzene rings is 2. The van der Waals surface area contributed by atoms with Gasteiger partial charge in [-0.25, -0.2) is 0 Å². The van der Waals surface area contributed by atoms with E-state index in [1.807, 2.05) is 36.4 Å². The van der Waals surface area contributed by atoms with Gasteiger partial charge in [0.05, 0.1) is 19.7 Å². The molecule has 0 bridgehead atoms. The summed E-state index contributed by atoms with van der Waals surface area (Å²) in [6, 6.07) is 14.9. The predicted molar refractivity (Wildman–Crippen MR) is 123 cm³/mol. The fourth-order valence-electron chi connectivity index (χ4n) is 4.29. The van der Waals surface area contributed by atoms with Crippen LogP contribution >= 0.6 is 0 Å². The summed E-state index contributed by atoms with van der Waals surface area (Å²) in [5.74, 6) is 0.518. The molecule has 7 heteroatoms. The largest absolute Gasteiger partial charge is 0.496 e. The number of nitrogens with one attached hydrogen (secondary N) is 3. The first-order valence-corrected chi connectivity index (χ1v) is 11.1. The zero-order valence-corrected chi connectivity index (χ0v) is 18.4. The van der Waals surface area contributed by atoms with Crippen LogP contribution in [0.3, 0.4) is 0 Å². The number of hydrogen-bond donors (Lipinski definition) is 3. The Morgan fingerprint density at radius 1 is 1.09 bits per heavy atom. The summed E-state index contributed by atoms with van der Waals surface area (Å²) in [6.45, 7) is 0.333. The number of ether oxygens (including phenoxy) is 1. The first kappa shape index (κ1) is 23.3. The van der Waals surface area contributed by atoms with Crippen molar-refractivity contribution in [3.63, 3.8) is 0 Å². The Balaban J connectivity index is 1.56. The first-order chi connectivity index (χ1) is 15.6. The first-order valence-electron chi connectivity index (χ1n) is 11.1. The summed E-state index contributed by atoms with van der Waals surface area (Å²) in [6.07, 6.45) is 6.02. The zero-order valence-electron chi connectivity index (χ0n) is 18.4. The van der Waals surface area contributed by atoms with Crippen LogP contribution < -0.4 is 20.7 Å². The van der Waals surface area contributed by atoms with Crippen molar-refractivity contribution in [2.75, 3.05) is 20.3 Å². The fraction of sp³-hybridized carbons (Fsp3) is 0.400. The van der Waals surface area contributed by atoms with Gasteiger partial charge in [0.25, 0.3) is 5.91 Å². The highest BCUT2D eigenvalue weighted by molar-refractivity contribution is 5.95. The topological polar surface area (TPSA) is 96.5 Å². The minimum atomic E-state index is -0.297. The highest BCUT2D eigenvalue weighted by Gasteiger charge is 2.25. The summed E-state index contributed by atoms with van der Waals surface area (Å²) < 4.78 is 5.41. The Labute approximate surface area is 188 Å². The van der Waals surface area contributed by atoms with Crippen molar-refractivity contribution in [3.8, 4) is 16.9 Å². The molecular weight excluding hydrogens is 406 g/mol. The van der Waals surface area contributed by atoms with Crippen LogP contribution in [0, 0.1) is 11.8 Å². The van der Waals surface area contributed by atoms with Crippen molar-refractivity contribution in [1.82, 2.24) is 16.0 Å². The van der Waals surface area contributed by atoms with Crippen molar-refractivity contribution >= 4 is 18.2 Å². The molecule has 3 amide bonds. The Morgan fingerprint density at radius 3 is 2.62 bits per heavy atom. The maximum Gasteiger partial charge on any atom is 0.252 e. The molecule has 0 saturated heterocycles. The normalized spacial score (nSPS) is 14.4. The third-order valence-electron chi connectivity index (χ3n) is 5.97. The molecule has 2 aromatic rings. The van der Waals surface area contributed by atoms with Gasteiger partial charge >= 0.3 is 0 Å². The van der Waals surface area contributed by atoms with Crippen molar-refractivity contribution in [3.05, 3.63) is 54.1 Å². The lowest BCUT2D eigenvalue weighted by molar-refractivity contribution is -0.125. The lowest BCUT2D eigenvalue weighted by atomic mass is 9.92. The van der Waals surface area contributed by atoms with E-state index in [1.165, 1.54) is 12.8 Å². The monoisotopic (exact) mass is 437 g/mol. The van der Waals surface area contributed by atoms with Gasteiger partial charge in [-0.05, 0) is 36.1 Å². The molecule has 1 atom stereocenters. The van der Waals surface area contributed by atoms with Gasteiger partial charge in [-0.2, -0.15) is 0 Å². The lowest BCUT2D eigenvalue weighted by Gasteiger charge is -2.20. The average Bonchev–Trinajstić information content (AvgIpc) is 3.34. The minimum Gasteiger partial charge on any atom is -0.496 e. The average molecular weight is 438 g/mol. The minimum absolute atomic E-state index is 0.0266. The molecule has 3 N–H and O–H groups in total. The molecule has 1 fully saturated rings. The van der Waals surface area contributed by atoms with Gasteiger partial charge in [0.1, 0.15) is 5.75 Å². The molecule has 2 aromatic carbocycles. The van der Waals surface area contributed by atoms with Gasteiger partial charge in [-0.3, -0.25) is 14.4 Å². The molecule has 0 aromatic heterocycles. The Hall–Kier alpha value is -3.35. The third kappa shape index (κ3) is 6.33. The molecule has 7 nitrogen and oxygen atoms in total. The summed E-state index contributed by atoms with van der Waals surface area (Å²) >= 11 is 0. The van der Waals surface area contributed by atoms with E-state index >= 15 is 0 Å². The SMILES string of the molecule is COc1ccccc1-c1cccc(C(=O)NCNC(=O)[C@@H](CNC=O)CC2CCCC2)c1. The Morgan fingerprint density at radius 2 is 1.88 bits per heavy atom. The van der Waals surface area contributed by atoms with Gasteiger partial charge in [0.15, 0.2) is 0 Å². The summed E-state index contributed by atoms with van der Waals surface area (Å²) in [5.41, 5.74) is 2.26. The van der Waals surface area contributed by atoms with Gasteiger partial charge in [-0.15, -0.1) is 0 Å². The van der Waals surface area contributed by atoms with Crippen LogP contribution in [0.4, 0.5) is 0 Å². The molecule has 0 radical (unpaired) electrons. The number of carbonyl (C=O) groups excluding carboxylic acids is 3. The summed E-state index contributed by atoms with van der Waals surface area (Å²) in [5, 5.41) is 8.15. The second-order valence-electron chi connectivity index (χ2n) is 8.11. The Bertz CT molecular complexity index is 925. The van der Waals surface area contributed by atoms with E-state index in [0.29, 0.717) is 24.4 Å². The van der Waals surface area contributed by atoms with E-state index in [0.717, 1.165) is 36.1 Å². The van der Waals surface area contributed by atoms with Crippen LogP contribution in [0.15, 0.2) is 48.5 Å². The van der Waals surface area contributed by atoms with Crippen molar-refractivity contribution in [2.24, 2.45) is 11.8 Å². The van der Waals surface area contributed by atoms with Gasteiger partial charge in [0.2, 0.25) is 12.3 Å². The fourth-order valence-corrected chi connectivity index (χ4v) is 4.29. The van der Waals surface area contributed by atoms with Crippen molar-refractivity contribution < 1.29 is 19.1 Å². The van der Waals surface area contributed by atoms with Crippen LogP contribution in [0.5, 0.6) is 5.75 Å². The van der Waals surface area contributed by atoms with E-state index < -0.39 is 0 Å². The molecule has 3 rings (SSSR count). The molecule has 0 unspecified atom stereocenters. The number of rotatable bonds is 11. The second-order valence-corrected chi connectivity index (χ2v) is 8.11. The second kappa shape index (κ2) is 11.9. The van der Waals surface area contributed by atoms with E-state index in [1.54, 1.807) is 19.2 Å². The number of carbonyl (C=O) groups is 3. The number of methoxy groups -OCH3 is 1. The van der Waals surface area contributed by atoms with E-state index in [-0.39, 0.29) is 24.4 Å². The van der Waals surface area contributed by atoms with Crippen LogP contribution in [-0.2, 0) is 9.59 Å². The highest BCUT2D eigenvalue weighted by atomic mass is 16.5. The molecule has 0 spiro atoms. The van der Waals surface area contributed by atoms with E-state index in [2.05, 4.69) is 16.0 Å². The maximum absolute atomic E-state index is 12.6. The molecule has 0 aliphatic heterocycles. The zero-order chi connectivity index (χ0) is 22.8. The summed E-state index contributed by atoms with van der Waals surface area (Å²) in [4.78, 5) is 36.0. The van der Waals surface area contributed by atoms with E-state index in [4.69, 9.17) is 4.74 Å². The molecule has 32 heavy (non-hydrogen) atoms. The van der Waals surface area contributed by atoms with Crippen molar-refractivity contribution in [1.29, 1.82) is 0 Å². The number of para-hydroxylation sites is 1. The lowest BCUT2D eigenvalue weighted by Crippen LogP contribution is -2.43. The molecule has 1 saturated carbocycles. The molecule has 170 valence electrons. The van der Waals surface area contributed by atoms with Crippen molar-refractivity contribution in [2.45, 2.75) is 32.1 Å². The quantitative estimate of drug-likeness (QED) is 0.372. The van der Waals surface area contributed by atoms with Crippen LogP contribution in [0.2, 0.25) is 0 Å². The van der Waals surface area contributed by atoms with Crippen LogP contribution in [0.1, 0.15) is 42.5 Å². The number of hydrogen-bond acceptors (Lipinski definition) is 4. The highest BCUT2D eigenvalue weighted by Crippen LogP contribution is 2.31. The van der Waals surface area contributed by atoms with Gasteiger partial charge in [0, 0.05) is 17.7 Å². The van der Waals surface area contributed by atoms with E-state index in [9.17, 15) is 14.4 Å².